The fourth-order valence-corrected chi connectivity index (χ4v) is 3.93. The first-order chi connectivity index (χ1) is 13.9. The van der Waals surface area contributed by atoms with Gasteiger partial charge in [0.25, 0.3) is 15.9 Å². The summed E-state index contributed by atoms with van der Waals surface area (Å²) < 4.78 is 46.2. The van der Waals surface area contributed by atoms with Crippen LogP contribution in [0.25, 0.3) is 22.8 Å². The van der Waals surface area contributed by atoms with Crippen molar-refractivity contribution in [2.45, 2.75) is 4.90 Å². The van der Waals surface area contributed by atoms with Gasteiger partial charge in [0.2, 0.25) is 5.82 Å². The van der Waals surface area contributed by atoms with E-state index in [1.807, 2.05) is 0 Å². The van der Waals surface area contributed by atoms with Crippen molar-refractivity contribution in [3.63, 3.8) is 0 Å². The number of hydrogen-bond acceptors (Lipinski definition) is 6. The van der Waals surface area contributed by atoms with Crippen LogP contribution in [0, 0.1) is 5.82 Å². The van der Waals surface area contributed by atoms with Crippen molar-refractivity contribution in [3.8, 4) is 22.8 Å². The molecule has 0 amide bonds. The second kappa shape index (κ2) is 7.72. The van der Waals surface area contributed by atoms with Crippen LogP contribution in [-0.2, 0) is 10.0 Å². The van der Waals surface area contributed by atoms with E-state index in [1.54, 1.807) is 42.7 Å². The topological polar surface area (TPSA) is 98.0 Å². The highest BCUT2D eigenvalue weighted by Gasteiger charge is 2.15. The maximum absolute atomic E-state index is 13.0. The molecule has 0 radical (unpaired) electrons. The van der Waals surface area contributed by atoms with Crippen LogP contribution in [0.5, 0.6) is 0 Å². The third-order valence-electron chi connectivity index (χ3n) is 3.90. The molecule has 4 aromatic rings. The molecule has 0 aliphatic heterocycles. The average Bonchev–Trinajstić information content (AvgIpc) is 3.19. The van der Waals surface area contributed by atoms with Gasteiger partial charge >= 0.3 is 0 Å². The lowest BCUT2D eigenvalue weighted by molar-refractivity contribution is 0.432. The van der Waals surface area contributed by atoms with Crippen LogP contribution < -0.4 is 4.72 Å². The molecule has 0 fully saturated rings. The van der Waals surface area contributed by atoms with E-state index in [2.05, 4.69) is 35.8 Å². The Kier molecular flexibility index (Phi) is 5.12. The number of hydrogen-bond donors (Lipinski definition) is 1. The van der Waals surface area contributed by atoms with Crippen molar-refractivity contribution >= 4 is 31.6 Å². The fraction of sp³-hybridized carbons (Fsp3) is 0. The predicted molar refractivity (Wildman–Crippen MR) is 108 cm³/mol. The Hall–Kier alpha value is -3.11. The van der Waals surface area contributed by atoms with Gasteiger partial charge in [-0.25, -0.2) is 12.8 Å². The summed E-state index contributed by atoms with van der Waals surface area (Å²) in [5.41, 5.74) is 1.66. The molecule has 2 aromatic heterocycles. The van der Waals surface area contributed by atoms with E-state index in [9.17, 15) is 12.8 Å². The van der Waals surface area contributed by atoms with E-state index in [1.165, 1.54) is 12.1 Å². The van der Waals surface area contributed by atoms with E-state index >= 15 is 0 Å². The minimum atomic E-state index is -3.82. The van der Waals surface area contributed by atoms with Gasteiger partial charge in [0, 0.05) is 28.1 Å². The summed E-state index contributed by atoms with van der Waals surface area (Å²) in [6.07, 6.45) is 3.25. The van der Waals surface area contributed by atoms with E-state index < -0.39 is 15.8 Å². The number of nitrogens with one attached hydrogen (secondary N) is 1. The minimum Gasteiger partial charge on any atom is -0.334 e. The van der Waals surface area contributed by atoms with Gasteiger partial charge in [-0.05, 0) is 70.5 Å². The number of aromatic nitrogens is 3. The second-order valence-corrected chi connectivity index (χ2v) is 8.55. The van der Waals surface area contributed by atoms with Gasteiger partial charge < -0.3 is 4.52 Å². The van der Waals surface area contributed by atoms with Gasteiger partial charge in [0.15, 0.2) is 0 Å². The van der Waals surface area contributed by atoms with E-state index in [0.717, 1.165) is 16.6 Å². The molecule has 29 heavy (non-hydrogen) atoms. The van der Waals surface area contributed by atoms with Gasteiger partial charge in [-0.2, -0.15) is 4.98 Å². The molecule has 10 heteroatoms. The number of rotatable bonds is 5. The van der Waals surface area contributed by atoms with Crippen molar-refractivity contribution in [2.75, 3.05) is 4.72 Å². The van der Waals surface area contributed by atoms with Gasteiger partial charge in [0.1, 0.15) is 5.82 Å². The summed E-state index contributed by atoms with van der Waals surface area (Å²) in [7, 11) is -3.82. The lowest BCUT2D eigenvalue weighted by Gasteiger charge is -2.08. The van der Waals surface area contributed by atoms with Crippen LogP contribution >= 0.6 is 15.9 Å². The largest absolute Gasteiger partial charge is 0.334 e. The Morgan fingerprint density at radius 1 is 0.966 bits per heavy atom. The highest BCUT2D eigenvalue weighted by atomic mass is 79.9. The normalized spacial score (nSPS) is 11.4. The maximum atomic E-state index is 13.0. The van der Waals surface area contributed by atoms with Gasteiger partial charge in [-0.3, -0.25) is 9.71 Å². The SMILES string of the molecule is O=S(=O)(Nc1ccc(-c2noc(-c3cncc(Br)c3)n2)cc1)c1ccc(F)cc1. The molecule has 0 atom stereocenters. The number of benzene rings is 2. The molecular weight excluding hydrogens is 463 g/mol. The average molecular weight is 475 g/mol. The number of halogens is 2. The van der Waals surface area contributed by atoms with Gasteiger partial charge in [-0.15, -0.1) is 0 Å². The molecule has 0 spiro atoms. The zero-order chi connectivity index (χ0) is 20.4. The van der Waals surface area contributed by atoms with Gasteiger partial charge in [-0.1, -0.05) is 5.16 Å². The lowest BCUT2D eigenvalue weighted by atomic mass is 10.2. The van der Waals surface area contributed by atoms with Crippen molar-refractivity contribution in [3.05, 3.63) is 77.3 Å². The Labute approximate surface area is 173 Å². The molecule has 0 aliphatic carbocycles. The molecule has 4 rings (SSSR count). The summed E-state index contributed by atoms with van der Waals surface area (Å²) in [6, 6.07) is 12.9. The zero-order valence-corrected chi connectivity index (χ0v) is 17.0. The van der Waals surface area contributed by atoms with E-state index in [4.69, 9.17) is 4.52 Å². The highest BCUT2D eigenvalue weighted by molar-refractivity contribution is 9.10. The number of anilines is 1. The van der Waals surface area contributed by atoms with Crippen LogP contribution in [0.2, 0.25) is 0 Å². The molecule has 0 saturated carbocycles. The Bertz CT molecular complexity index is 1260. The molecule has 2 aromatic carbocycles. The molecule has 0 unspecified atom stereocenters. The van der Waals surface area contributed by atoms with Crippen molar-refractivity contribution in [1.82, 2.24) is 15.1 Å². The predicted octanol–water partition coefficient (Wildman–Crippen LogP) is 4.50. The van der Waals surface area contributed by atoms with Crippen LogP contribution in [0.3, 0.4) is 0 Å². The first-order valence-electron chi connectivity index (χ1n) is 8.24. The lowest BCUT2D eigenvalue weighted by Crippen LogP contribution is -2.12. The van der Waals surface area contributed by atoms with Crippen molar-refractivity contribution in [1.29, 1.82) is 0 Å². The van der Waals surface area contributed by atoms with Gasteiger partial charge in [0.05, 0.1) is 10.5 Å². The highest BCUT2D eigenvalue weighted by Crippen LogP contribution is 2.25. The second-order valence-electron chi connectivity index (χ2n) is 5.95. The molecule has 146 valence electrons. The number of nitrogens with zero attached hydrogens (tertiary/aromatic N) is 3. The summed E-state index contributed by atoms with van der Waals surface area (Å²) in [5.74, 6) is 0.161. The first-order valence-corrected chi connectivity index (χ1v) is 10.5. The minimum absolute atomic E-state index is 0.0339. The van der Waals surface area contributed by atoms with Crippen LogP contribution in [0.15, 0.2) is 80.9 Å². The Morgan fingerprint density at radius 3 is 2.38 bits per heavy atom. The summed E-state index contributed by atoms with van der Waals surface area (Å²) in [5, 5.41) is 3.95. The summed E-state index contributed by atoms with van der Waals surface area (Å²) >= 11 is 3.34. The Morgan fingerprint density at radius 2 is 1.69 bits per heavy atom. The Balaban J connectivity index is 1.53. The smallest absolute Gasteiger partial charge is 0.261 e. The van der Waals surface area contributed by atoms with Crippen molar-refractivity contribution < 1.29 is 17.3 Å². The van der Waals surface area contributed by atoms with Crippen LogP contribution in [0.4, 0.5) is 10.1 Å². The fourth-order valence-electron chi connectivity index (χ4n) is 2.50. The third kappa shape index (κ3) is 4.33. The van der Waals surface area contributed by atoms with Crippen LogP contribution in [-0.4, -0.2) is 23.5 Å². The molecule has 0 aliphatic rings. The summed E-state index contributed by atoms with van der Waals surface area (Å²) in [4.78, 5) is 8.36. The van der Waals surface area contributed by atoms with Crippen LogP contribution in [0.1, 0.15) is 0 Å². The monoisotopic (exact) mass is 474 g/mol. The molecule has 7 nitrogen and oxygen atoms in total. The molecule has 1 N–H and O–H groups in total. The molecule has 0 saturated heterocycles. The molecule has 0 bridgehead atoms. The molecule has 2 heterocycles. The number of pyridine rings is 1. The number of sulfonamides is 1. The van der Waals surface area contributed by atoms with E-state index in [-0.39, 0.29) is 4.90 Å². The molecular formula is C19H12BrFN4O3S. The standard InChI is InChI=1S/C19H12BrFN4O3S/c20-14-9-13(10-22-11-14)19-23-18(24-28-19)12-1-5-16(6-2-12)25-29(26,27)17-7-3-15(21)4-8-17/h1-11,25H. The first kappa shape index (κ1) is 19.2. The summed E-state index contributed by atoms with van der Waals surface area (Å²) in [6.45, 7) is 0. The van der Waals surface area contributed by atoms with Crippen molar-refractivity contribution in [2.24, 2.45) is 0 Å². The zero-order valence-electron chi connectivity index (χ0n) is 14.6. The quantitative estimate of drug-likeness (QED) is 0.457. The van der Waals surface area contributed by atoms with E-state index in [0.29, 0.717) is 28.5 Å². The maximum Gasteiger partial charge on any atom is 0.261 e. The third-order valence-corrected chi connectivity index (χ3v) is 5.73.